The number of pyridine rings is 1. The van der Waals surface area contributed by atoms with Gasteiger partial charge in [-0.05, 0) is 83.4 Å². The van der Waals surface area contributed by atoms with Crippen LogP contribution in [0.2, 0.25) is 0 Å². The highest BCUT2D eigenvalue weighted by atomic mass is 32.2. The number of benzene rings is 1. The van der Waals surface area contributed by atoms with E-state index in [4.69, 9.17) is 9.47 Å². The number of aryl methyl sites for hydroxylation is 2. The van der Waals surface area contributed by atoms with Gasteiger partial charge in [-0.3, -0.25) is 19.1 Å². The molecule has 13 nitrogen and oxygen atoms in total. The quantitative estimate of drug-likeness (QED) is 0.245. The van der Waals surface area contributed by atoms with E-state index in [1.54, 1.807) is 13.0 Å². The molecule has 3 aliphatic heterocycles. The number of rotatable bonds is 6. The molecule has 1 aromatic heterocycles. The molecule has 5 aliphatic rings. The van der Waals surface area contributed by atoms with Gasteiger partial charge in [-0.2, -0.15) is 13.2 Å². The molecule has 4 heterocycles. The summed E-state index contributed by atoms with van der Waals surface area (Å²) in [5, 5.41) is 4.90. The highest BCUT2D eigenvalue weighted by molar-refractivity contribution is 7.91. The maximum absolute atomic E-state index is 16.8. The molecule has 2 saturated carbocycles. The molecule has 2 aromatic rings. The van der Waals surface area contributed by atoms with Crippen molar-refractivity contribution in [3.63, 3.8) is 0 Å². The molecule has 1 saturated heterocycles. The van der Waals surface area contributed by atoms with Gasteiger partial charge in [0.1, 0.15) is 35.1 Å². The van der Waals surface area contributed by atoms with Gasteiger partial charge < -0.3 is 25.0 Å². The highest BCUT2D eigenvalue weighted by Gasteiger charge is 2.63. The summed E-state index contributed by atoms with van der Waals surface area (Å²) in [7, 11) is -4.01. The summed E-state index contributed by atoms with van der Waals surface area (Å²) in [6.45, 7) is 4.61. The van der Waals surface area contributed by atoms with E-state index >= 15 is 4.39 Å². The molecule has 3 N–H and O–H groups in total. The summed E-state index contributed by atoms with van der Waals surface area (Å²) in [4.78, 5) is 61.8. The van der Waals surface area contributed by atoms with Crippen molar-refractivity contribution in [1.82, 2.24) is 25.2 Å². The fourth-order valence-electron chi connectivity index (χ4n) is 8.36. The number of hydrogen-bond acceptors (Lipinski definition) is 9. The van der Waals surface area contributed by atoms with Crippen LogP contribution in [0.5, 0.6) is 5.75 Å². The van der Waals surface area contributed by atoms with Gasteiger partial charge in [0.2, 0.25) is 27.4 Å². The van der Waals surface area contributed by atoms with Crippen LogP contribution < -0.4 is 20.1 Å². The molecule has 2 aliphatic carbocycles. The standard InChI is InChI=1S/C40H49F4N5O8S/c1-5-23-13-16-28-26(17-23)31-27(41)19-38(56-32(31)22(2)45-28)20-30-33(50)47-39(35(52)48-58(54,55)25-14-15-25)18-24(39)11-9-7-6-8-10-12-29(34(51)49(30)21-38)46-36(53)57-37(3,4)40(42,43)44/h9,11,13,16-17,24-25,27,29-30H,5-8,10,12,14-15,18-21H2,1-4H3,(H,46,53)(H,47,50)(H,48,52). The lowest BCUT2D eigenvalue weighted by Gasteiger charge is -2.38. The highest BCUT2D eigenvalue weighted by Crippen LogP contribution is 2.51. The molecule has 6 unspecified atom stereocenters. The predicted octanol–water partition coefficient (Wildman–Crippen LogP) is 5.68. The van der Waals surface area contributed by atoms with Crippen LogP contribution in [-0.4, -0.2) is 88.9 Å². The summed E-state index contributed by atoms with van der Waals surface area (Å²) >= 11 is 0. The van der Waals surface area contributed by atoms with Crippen LogP contribution in [0, 0.1) is 12.8 Å². The summed E-state index contributed by atoms with van der Waals surface area (Å²) in [5.74, 6) is -3.02. The van der Waals surface area contributed by atoms with Crippen molar-refractivity contribution in [2.45, 2.75) is 145 Å². The van der Waals surface area contributed by atoms with Gasteiger partial charge in [-0.25, -0.2) is 22.6 Å². The third-order valence-corrected chi connectivity index (χ3v) is 13.9. The van der Waals surface area contributed by atoms with E-state index in [0.29, 0.717) is 81.0 Å². The van der Waals surface area contributed by atoms with Crippen LogP contribution in [0.1, 0.15) is 108 Å². The first-order valence-corrected chi connectivity index (χ1v) is 21.4. The number of ether oxygens (including phenoxy) is 2. The Bertz CT molecular complexity index is 2160. The monoisotopic (exact) mass is 835 g/mol. The first-order valence-electron chi connectivity index (χ1n) is 19.9. The molecule has 1 spiro atoms. The maximum atomic E-state index is 16.8. The fourth-order valence-corrected chi connectivity index (χ4v) is 9.72. The van der Waals surface area contributed by atoms with Gasteiger partial charge in [0, 0.05) is 29.7 Å². The summed E-state index contributed by atoms with van der Waals surface area (Å²) in [5.41, 5.74) is -3.91. The molecule has 0 radical (unpaired) electrons. The zero-order chi connectivity index (χ0) is 42.0. The average molecular weight is 836 g/mol. The molecule has 58 heavy (non-hydrogen) atoms. The van der Waals surface area contributed by atoms with Gasteiger partial charge in [-0.1, -0.05) is 38.0 Å². The van der Waals surface area contributed by atoms with Gasteiger partial charge >= 0.3 is 12.3 Å². The normalized spacial score (nSPS) is 29.3. The van der Waals surface area contributed by atoms with E-state index < -0.39 is 86.2 Å². The lowest BCUT2D eigenvalue weighted by Crippen LogP contribution is -2.58. The van der Waals surface area contributed by atoms with Crippen molar-refractivity contribution in [2.75, 3.05) is 6.54 Å². The number of fused-ring (bicyclic) bond motifs is 5. The molecule has 316 valence electrons. The first kappa shape index (κ1) is 41.7. The number of hydrogen-bond donors (Lipinski definition) is 3. The van der Waals surface area contributed by atoms with E-state index in [1.807, 2.05) is 31.2 Å². The van der Waals surface area contributed by atoms with Gasteiger partial charge in [0.25, 0.3) is 5.91 Å². The summed E-state index contributed by atoms with van der Waals surface area (Å²) in [6, 6.07) is 2.67. The zero-order valence-corrected chi connectivity index (χ0v) is 33.7. The smallest absolute Gasteiger partial charge is 0.427 e. The third kappa shape index (κ3) is 7.96. The Balaban J connectivity index is 1.25. The SMILES string of the molecule is CCc1ccc2nc(C)c3c(c2c1)C(F)CC1(CC2C(=O)NC4(C(=O)NS(=O)(=O)C5CC5)CC4C=CCCCCCC(NC(=O)OC(C)(C)C(F)(F)F)C(=O)N2C1)O3. The first-order chi connectivity index (χ1) is 27.2. The van der Waals surface area contributed by atoms with Crippen molar-refractivity contribution >= 4 is 44.7 Å². The number of nitrogens with one attached hydrogen (secondary N) is 3. The van der Waals surface area contributed by atoms with Crippen molar-refractivity contribution in [2.24, 2.45) is 5.92 Å². The van der Waals surface area contributed by atoms with Crippen molar-refractivity contribution in [1.29, 1.82) is 0 Å². The molecular weight excluding hydrogens is 787 g/mol. The number of halogens is 4. The summed E-state index contributed by atoms with van der Waals surface area (Å²) in [6.07, 6.45) is -1.47. The Labute approximate surface area is 334 Å². The third-order valence-electron chi connectivity index (χ3n) is 12.1. The van der Waals surface area contributed by atoms with Crippen LogP contribution in [0.4, 0.5) is 22.4 Å². The minimum Gasteiger partial charge on any atom is -0.483 e. The van der Waals surface area contributed by atoms with E-state index in [-0.39, 0.29) is 38.0 Å². The predicted molar refractivity (Wildman–Crippen MR) is 203 cm³/mol. The van der Waals surface area contributed by atoms with E-state index in [9.17, 15) is 40.8 Å². The molecule has 7 rings (SSSR count). The second-order valence-corrected chi connectivity index (χ2v) is 18.9. The number of amides is 4. The second-order valence-electron chi connectivity index (χ2n) is 16.9. The number of alkyl halides is 4. The number of carbonyl (C=O) groups is 4. The Morgan fingerprint density at radius 1 is 1.09 bits per heavy atom. The molecule has 4 amide bonds. The molecular formula is C40H49F4N5O8S. The maximum Gasteiger partial charge on any atom is 0.427 e. The number of allylic oxidation sites excluding steroid dienone is 1. The Morgan fingerprint density at radius 3 is 2.52 bits per heavy atom. The lowest BCUT2D eigenvalue weighted by molar-refractivity contribution is -0.244. The molecule has 6 atom stereocenters. The molecule has 1 aromatic carbocycles. The number of sulfonamides is 1. The zero-order valence-electron chi connectivity index (χ0n) is 32.8. The Kier molecular flexibility index (Phi) is 10.8. The number of alkyl carbamates (subject to hydrolysis) is 1. The van der Waals surface area contributed by atoms with Crippen molar-refractivity contribution in [3.8, 4) is 5.75 Å². The van der Waals surface area contributed by atoms with Gasteiger partial charge in [0.15, 0.2) is 0 Å². The van der Waals surface area contributed by atoms with Crippen LogP contribution in [0.25, 0.3) is 10.9 Å². The van der Waals surface area contributed by atoms with E-state index in [1.165, 1.54) is 0 Å². The van der Waals surface area contributed by atoms with E-state index in [2.05, 4.69) is 20.3 Å². The Morgan fingerprint density at radius 2 is 1.83 bits per heavy atom. The van der Waals surface area contributed by atoms with Crippen LogP contribution in [-0.2, 0) is 35.6 Å². The lowest BCUT2D eigenvalue weighted by atomic mass is 9.85. The van der Waals surface area contributed by atoms with Crippen LogP contribution in [0.15, 0.2) is 30.4 Å². The minimum absolute atomic E-state index is 0.0276. The number of carbonyl (C=O) groups excluding carboxylic acids is 4. The Hall–Kier alpha value is -4.48. The van der Waals surface area contributed by atoms with Gasteiger partial charge in [0.05, 0.1) is 23.0 Å². The topological polar surface area (TPSA) is 173 Å². The minimum atomic E-state index is -4.93. The van der Waals surface area contributed by atoms with Crippen molar-refractivity contribution < 1.29 is 54.6 Å². The van der Waals surface area contributed by atoms with Gasteiger partial charge in [-0.15, -0.1) is 0 Å². The van der Waals surface area contributed by atoms with Crippen molar-refractivity contribution in [3.05, 3.63) is 47.2 Å². The van der Waals surface area contributed by atoms with Crippen LogP contribution >= 0.6 is 0 Å². The molecule has 0 bridgehead atoms. The number of aromatic nitrogens is 1. The molecule has 18 heteroatoms. The van der Waals surface area contributed by atoms with E-state index in [0.717, 1.165) is 10.5 Å². The van der Waals surface area contributed by atoms with Crippen LogP contribution in [0.3, 0.4) is 0 Å². The summed E-state index contributed by atoms with van der Waals surface area (Å²) < 4.78 is 97.1. The molecule has 3 fully saturated rings. The largest absolute Gasteiger partial charge is 0.483 e. The second kappa shape index (κ2) is 15.0. The number of nitrogens with zero attached hydrogens (tertiary/aromatic N) is 2. The average Bonchev–Trinajstić information content (AvgIpc) is 4.07. The fraction of sp³-hybridized carbons (Fsp3) is 0.625.